The highest BCUT2D eigenvalue weighted by atomic mass is 16.5. The van der Waals surface area contributed by atoms with Gasteiger partial charge in [-0.05, 0) is 46.5 Å². The van der Waals surface area contributed by atoms with Gasteiger partial charge < -0.3 is 19.7 Å². The summed E-state index contributed by atoms with van der Waals surface area (Å²) in [6.07, 6.45) is 4.72. The molecule has 2 heterocycles. The van der Waals surface area contributed by atoms with Gasteiger partial charge in [-0.1, -0.05) is 0 Å². The topological polar surface area (TPSA) is 50.8 Å². The van der Waals surface area contributed by atoms with E-state index in [2.05, 4.69) is 26.1 Å². The van der Waals surface area contributed by atoms with Gasteiger partial charge in [0.05, 0.1) is 18.8 Å². The first-order valence-corrected chi connectivity index (χ1v) is 8.20. The highest BCUT2D eigenvalue weighted by molar-refractivity contribution is 5.78. The van der Waals surface area contributed by atoms with Crippen LogP contribution in [0.15, 0.2) is 0 Å². The Morgan fingerprint density at radius 3 is 2.00 bits per heavy atom. The lowest BCUT2D eigenvalue weighted by molar-refractivity contribution is -0.133. The predicted molar refractivity (Wildman–Crippen MR) is 82.3 cm³/mol. The van der Waals surface area contributed by atoms with Gasteiger partial charge in [0.25, 0.3) is 0 Å². The zero-order valence-corrected chi connectivity index (χ0v) is 13.7. The van der Waals surface area contributed by atoms with Crippen molar-refractivity contribution in [1.82, 2.24) is 10.2 Å². The fraction of sp³-hybridized carbons (Fsp3) is 0.938. The van der Waals surface area contributed by atoms with Crippen molar-refractivity contribution in [1.29, 1.82) is 0 Å². The first kappa shape index (κ1) is 16.7. The molecule has 2 unspecified atom stereocenters. The minimum atomic E-state index is -0.0466. The third-order valence-electron chi connectivity index (χ3n) is 4.02. The van der Waals surface area contributed by atoms with Gasteiger partial charge in [-0.3, -0.25) is 4.79 Å². The van der Waals surface area contributed by atoms with Gasteiger partial charge >= 0.3 is 0 Å². The summed E-state index contributed by atoms with van der Waals surface area (Å²) in [6, 6.07) is 0. The maximum atomic E-state index is 12.5. The molecule has 2 atom stereocenters. The quantitative estimate of drug-likeness (QED) is 0.808. The Kier molecular flexibility index (Phi) is 6.02. The van der Waals surface area contributed by atoms with Crippen LogP contribution in [0.1, 0.15) is 46.5 Å². The van der Waals surface area contributed by atoms with E-state index in [1.165, 1.54) is 0 Å². The van der Waals surface area contributed by atoms with E-state index in [1.807, 2.05) is 4.90 Å². The first-order chi connectivity index (χ1) is 9.94. The molecule has 1 amide bonds. The van der Waals surface area contributed by atoms with Crippen LogP contribution in [0.5, 0.6) is 0 Å². The van der Waals surface area contributed by atoms with Crippen molar-refractivity contribution in [3.8, 4) is 0 Å². The number of hydrogen-bond donors (Lipinski definition) is 1. The Balaban J connectivity index is 1.87. The average Bonchev–Trinajstić information content (AvgIpc) is 3.07. The van der Waals surface area contributed by atoms with Crippen LogP contribution in [-0.2, 0) is 14.3 Å². The Hall–Kier alpha value is -0.650. The summed E-state index contributed by atoms with van der Waals surface area (Å²) in [5.41, 5.74) is -0.0466. The molecule has 2 aliphatic heterocycles. The molecule has 2 rings (SSSR count). The van der Waals surface area contributed by atoms with Gasteiger partial charge in [0.15, 0.2) is 0 Å². The summed E-state index contributed by atoms with van der Waals surface area (Å²) in [7, 11) is 0. The number of ether oxygens (including phenoxy) is 2. The molecule has 0 radical (unpaired) electrons. The number of hydrogen-bond acceptors (Lipinski definition) is 4. The van der Waals surface area contributed by atoms with E-state index < -0.39 is 0 Å². The number of rotatable bonds is 6. The van der Waals surface area contributed by atoms with Crippen LogP contribution in [0.3, 0.4) is 0 Å². The summed E-state index contributed by atoms with van der Waals surface area (Å²) in [5, 5.41) is 3.28. The van der Waals surface area contributed by atoms with Crippen LogP contribution in [0.2, 0.25) is 0 Å². The van der Waals surface area contributed by atoms with Crippen LogP contribution in [-0.4, -0.2) is 61.4 Å². The number of carbonyl (C=O) groups excluding carboxylic acids is 1. The molecule has 1 N–H and O–H groups in total. The Bertz CT molecular complexity index is 311. The van der Waals surface area contributed by atoms with Crippen molar-refractivity contribution >= 4 is 5.91 Å². The number of nitrogens with zero attached hydrogens (tertiary/aromatic N) is 1. The molecule has 0 spiro atoms. The molecule has 0 aliphatic carbocycles. The van der Waals surface area contributed by atoms with Gasteiger partial charge in [0, 0.05) is 31.8 Å². The average molecular weight is 298 g/mol. The maximum absolute atomic E-state index is 12.5. The molecule has 0 aromatic rings. The molecule has 5 heteroatoms. The summed E-state index contributed by atoms with van der Waals surface area (Å²) in [4.78, 5) is 14.5. The minimum Gasteiger partial charge on any atom is -0.376 e. The minimum absolute atomic E-state index is 0.0466. The van der Waals surface area contributed by atoms with Gasteiger partial charge in [-0.2, -0.15) is 0 Å². The lowest BCUT2D eigenvalue weighted by Crippen LogP contribution is -2.48. The van der Waals surface area contributed by atoms with E-state index in [1.54, 1.807) is 0 Å². The fourth-order valence-corrected chi connectivity index (χ4v) is 2.80. The van der Waals surface area contributed by atoms with E-state index in [4.69, 9.17) is 9.47 Å². The van der Waals surface area contributed by atoms with Crippen LogP contribution >= 0.6 is 0 Å². The molecule has 2 saturated heterocycles. The first-order valence-electron chi connectivity index (χ1n) is 8.20. The second-order valence-electron chi connectivity index (χ2n) is 7.17. The Morgan fingerprint density at radius 1 is 1.10 bits per heavy atom. The van der Waals surface area contributed by atoms with Crippen LogP contribution in [0, 0.1) is 0 Å². The molecule has 0 bridgehead atoms. The number of amides is 1. The van der Waals surface area contributed by atoms with Crippen LogP contribution in [0.25, 0.3) is 0 Å². The SMILES string of the molecule is CC(C)(C)NCC(=O)N(CC1CCCO1)CC1CCCO1. The molecule has 2 aliphatic rings. The predicted octanol–water partition coefficient (Wildman–Crippen LogP) is 1.56. The molecular weight excluding hydrogens is 268 g/mol. The standard InChI is InChI=1S/C16H30N2O3/c1-16(2,3)17-10-15(19)18(11-13-6-4-8-20-13)12-14-7-5-9-21-14/h13-14,17H,4-12H2,1-3H3. The normalized spacial score (nSPS) is 26.2. The third kappa shape index (κ3) is 5.93. The van der Waals surface area contributed by atoms with Crippen molar-refractivity contribution in [2.24, 2.45) is 0 Å². The van der Waals surface area contributed by atoms with Gasteiger partial charge in [-0.15, -0.1) is 0 Å². The molecule has 122 valence electrons. The van der Waals surface area contributed by atoms with Crippen molar-refractivity contribution in [2.75, 3.05) is 32.8 Å². The molecule has 0 aromatic heterocycles. The highest BCUT2D eigenvalue weighted by Crippen LogP contribution is 2.17. The molecule has 0 saturated carbocycles. The molecular formula is C16H30N2O3. The van der Waals surface area contributed by atoms with Crippen LogP contribution < -0.4 is 5.32 Å². The van der Waals surface area contributed by atoms with Gasteiger partial charge in [0.1, 0.15) is 0 Å². The van der Waals surface area contributed by atoms with Crippen molar-refractivity contribution < 1.29 is 14.3 Å². The number of nitrogens with one attached hydrogen (secondary N) is 1. The fourth-order valence-electron chi connectivity index (χ4n) is 2.80. The smallest absolute Gasteiger partial charge is 0.236 e. The second-order valence-corrected chi connectivity index (χ2v) is 7.17. The second kappa shape index (κ2) is 7.56. The zero-order valence-electron chi connectivity index (χ0n) is 13.7. The Labute approximate surface area is 128 Å². The third-order valence-corrected chi connectivity index (χ3v) is 4.02. The van der Waals surface area contributed by atoms with E-state index in [-0.39, 0.29) is 23.7 Å². The molecule has 21 heavy (non-hydrogen) atoms. The summed E-state index contributed by atoms with van der Waals surface area (Å²) < 4.78 is 11.4. The summed E-state index contributed by atoms with van der Waals surface area (Å²) in [6.45, 7) is 9.65. The van der Waals surface area contributed by atoms with E-state index in [9.17, 15) is 4.79 Å². The summed E-state index contributed by atoms with van der Waals surface area (Å²) in [5.74, 6) is 0.149. The van der Waals surface area contributed by atoms with Crippen molar-refractivity contribution in [3.63, 3.8) is 0 Å². The molecule has 2 fully saturated rings. The maximum Gasteiger partial charge on any atom is 0.236 e. The molecule has 5 nitrogen and oxygen atoms in total. The largest absolute Gasteiger partial charge is 0.376 e. The van der Waals surface area contributed by atoms with E-state index in [0.29, 0.717) is 19.6 Å². The number of carbonyl (C=O) groups is 1. The monoisotopic (exact) mass is 298 g/mol. The van der Waals surface area contributed by atoms with Gasteiger partial charge in [-0.25, -0.2) is 0 Å². The highest BCUT2D eigenvalue weighted by Gasteiger charge is 2.27. The Morgan fingerprint density at radius 2 is 1.62 bits per heavy atom. The van der Waals surface area contributed by atoms with E-state index in [0.717, 1.165) is 38.9 Å². The lowest BCUT2D eigenvalue weighted by atomic mass is 10.1. The van der Waals surface area contributed by atoms with E-state index >= 15 is 0 Å². The van der Waals surface area contributed by atoms with Crippen molar-refractivity contribution in [3.05, 3.63) is 0 Å². The zero-order chi connectivity index (χ0) is 15.3. The van der Waals surface area contributed by atoms with Crippen molar-refractivity contribution in [2.45, 2.75) is 64.2 Å². The van der Waals surface area contributed by atoms with Gasteiger partial charge in [0.2, 0.25) is 5.91 Å². The molecule has 0 aromatic carbocycles. The summed E-state index contributed by atoms with van der Waals surface area (Å²) >= 11 is 0. The lowest BCUT2D eigenvalue weighted by Gasteiger charge is -2.29. The van der Waals surface area contributed by atoms with Crippen LogP contribution in [0.4, 0.5) is 0 Å².